The summed E-state index contributed by atoms with van der Waals surface area (Å²) in [5, 5.41) is 8.33. The van der Waals surface area contributed by atoms with Crippen molar-refractivity contribution in [2.24, 2.45) is 0 Å². The van der Waals surface area contributed by atoms with Gasteiger partial charge in [0, 0.05) is 11.6 Å². The molecular formula is C25H20N4O3. The first-order valence-corrected chi connectivity index (χ1v) is 10.2. The summed E-state index contributed by atoms with van der Waals surface area (Å²) in [5.41, 5.74) is 0.733. The third-order valence-electron chi connectivity index (χ3n) is 5.82. The second-order valence-electron chi connectivity index (χ2n) is 7.93. The second kappa shape index (κ2) is 7.46. The van der Waals surface area contributed by atoms with E-state index in [1.54, 1.807) is 31.3 Å². The first-order chi connectivity index (χ1) is 15.5. The lowest BCUT2D eigenvalue weighted by Crippen LogP contribution is -2.42. The van der Waals surface area contributed by atoms with Crippen LogP contribution < -0.4 is 10.6 Å². The Bertz CT molecular complexity index is 1400. The number of fused-ring (bicyclic) bond motifs is 2. The number of anilines is 1. The van der Waals surface area contributed by atoms with Crippen LogP contribution in [0, 0.1) is 0 Å². The van der Waals surface area contributed by atoms with E-state index in [-0.39, 0.29) is 6.54 Å². The van der Waals surface area contributed by atoms with Crippen LogP contribution in [0.1, 0.15) is 12.5 Å². The topological polar surface area (TPSA) is 91.4 Å². The molecular weight excluding hydrogens is 404 g/mol. The van der Waals surface area contributed by atoms with Gasteiger partial charge < -0.3 is 10.6 Å². The summed E-state index contributed by atoms with van der Waals surface area (Å²) in [5.74, 6) is -0.930. The Labute approximate surface area is 184 Å². The number of urea groups is 1. The quantitative estimate of drug-likeness (QED) is 0.488. The van der Waals surface area contributed by atoms with Gasteiger partial charge in [-0.05, 0) is 53.6 Å². The van der Waals surface area contributed by atoms with E-state index in [0.29, 0.717) is 11.3 Å². The largest absolute Gasteiger partial charge is 0.325 e. The molecule has 1 aliphatic rings. The monoisotopic (exact) mass is 424 g/mol. The second-order valence-corrected chi connectivity index (χ2v) is 7.93. The summed E-state index contributed by atoms with van der Waals surface area (Å²) in [7, 11) is 0. The molecule has 5 rings (SSSR count). The maximum absolute atomic E-state index is 13.2. The van der Waals surface area contributed by atoms with Crippen LogP contribution in [-0.4, -0.2) is 34.3 Å². The molecule has 2 N–H and O–H groups in total. The van der Waals surface area contributed by atoms with Crippen LogP contribution in [0.15, 0.2) is 79.0 Å². The number of benzene rings is 3. The van der Waals surface area contributed by atoms with Crippen molar-refractivity contribution in [1.82, 2.24) is 15.2 Å². The Morgan fingerprint density at radius 1 is 1.00 bits per heavy atom. The molecule has 1 fully saturated rings. The average Bonchev–Trinajstić information content (AvgIpc) is 3.03. The minimum absolute atomic E-state index is 0.384. The van der Waals surface area contributed by atoms with Crippen LogP contribution >= 0.6 is 0 Å². The van der Waals surface area contributed by atoms with E-state index in [9.17, 15) is 14.4 Å². The number of imide groups is 1. The standard InChI is InChI=1S/C25H20N4O3/c1-25(18-12-11-16-6-2-3-7-17(16)14-18)23(31)29(24(32)28-25)15-22(30)27-21-10-4-9-20-19(21)8-5-13-26-20/h2-14H,15H2,1H3,(H,27,30)(H,28,32). The molecule has 7 nitrogen and oxygen atoms in total. The highest BCUT2D eigenvalue weighted by Gasteiger charge is 2.49. The van der Waals surface area contributed by atoms with Crippen LogP contribution in [0.4, 0.5) is 10.5 Å². The number of pyridine rings is 1. The number of hydrogen-bond donors (Lipinski definition) is 2. The van der Waals surface area contributed by atoms with E-state index in [4.69, 9.17) is 0 Å². The fourth-order valence-corrected chi connectivity index (χ4v) is 4.08. The van der Waals surface area contributed by atoms with Gasteiger partial charge in [0.2, 0.25) is 5.91 Å². The molecule has 4 amide bonds. The average molecular weight is 424 g/mol. The van der Waals surface area contributed by atoms with Crippen molar-refractivity contribution in [3.05, 3.63) is 84.6 Å². The van der Waals surface area contributed by atoms with Gasteiger partial charge in [0.25, 0.3) is 5.91 Å². The summed E-state index contributed by atoms with van der Waals surface area (Å²) >= 11 is 0. The summed E-state index contributed by atoms with van der Waals surface area (Å²) in [6.45, 7) is 1.27. The Kier molecular flexibility index (Phi) is 4.59. The molecule has 0 aliphatic carbocycles. The Morgan fingerprint density at radius 2 is 1.81 bits per heavy atom. The normalized spacial score (nSPS) is 18.2. The number of aromatic nitrogens is 1. The summed E-state index contributed by atoms with van der Waals surface area (Å²) in [6, 6.07) is 21.9. The lowest BCUT2D eigenvalue weighted by Gasteiger charge is -2.22. The first-order valence-electron chi connectivity index (χ1n) is 10.2. The van der Waals surface area contributed by atoms with Gasteiger partial charge in [0.05, 0.1) is 11.2 Å². The molecule has 32 heavy (non-hydrogen) atoms. The number of carbonyl (C=O) groups is 3. The third kappa shape index (κ3) is 3.24. The smallest absolute Gasteiger partial charge is 0.324 e. The molecule has 158 valence electrons. The number of carbonyl (C=O) groups excluding carboxylic acids is 3. The fraction of sp³-hybridized carbons (Fsp3) is 0.120. The van der Waals surface area contributed by atoms with E-state index in [1.807, 2.05) is 54.6 Å². The van der Waals surface area contributed by atoms with Crippen molar-refractivity contribution in [2.45, 2.75) is 12.5 Å². The Morgan fingerprint density at radius 3 is 2.66 bits per heavy atom. The van der Waals surface area contributed by atoms with Crippen molar-refractivity contribution in [1.29, 1.82) is 0 Å². The van der Waals surface area contributed by atoms with E-state index in [1.165, 1.54) is 0 Å². The zero-order valence-electron chi connectivity index (χ0n) is 17.3. The number of rotatable bonds is 4. The Balaban J connectivity index is 1.38. The van der Waals surface area contributed by atoms with Gasteiger partial charge in [-0.3, -0.25) is 19.5 Å². The van der Waals surface area contributed by atoms with Gasteiger partial charge in [-0.25, -0.2) is 4.79 Å². The van der Waals surface area contributed by atoms with Gasteiger partial charge in [-0.15, -0.1) is 0 Å². The zero-order valence-corrected chi connectivity index (χ0v) is 17.3. The van der Waals surface area contributed by atoms with E-state index < -0.39 is 23.4 Å². The van der Waals surface area contributed by atoms with E-state index >= 15 is 0 Å². The van der Waals surface area contributed by atoms with Crippen molar-refractivity contribution < 1.29 is 14.4 Å². The van der Waals surface area contributed by atoms with Crippen molar-refractivity contribution in [2.75, 3.05) is 11.9 Å². The maximum Gasteiger partial charge on any atom is 0.325 e. The predicted molar refractivity (Wildman–Crippen MR) is 122 cm³/mol. The minimum atomic E-state index is -1.25. The molecule has 1 aliphatic heterocycles. The fourth-order valence-electron chi connectivity index (χ4n) is 4.08. The van der Waals surface area contributed by atoms with Gasteiger partial charge in [-0.1, -0.05) is 42.5 Å². The van der Waals surface area contributed by atoms with Crippen molar-refractivity contribution in [3.8, 4) is 0 Å². The highest BCUT2D eigenvalue weighted by molar-refractivity contribution is 6.11. The van der Waals surface area contributed by atoms with Crippen molar-refractivity contribution >= 4 is 45.2 Å². The van der Waals surface area contributed by atoms with Crippen molar-refractivity contribution in [3.63, 3.8) is 0 Å². The van der Waals surface area contributed by atoms with E-state index in [2.05, 4.69) is 15.6 Å². The van der Waals surface area contributed by atoms with Crippen LogP contribution in [0.5, 0.6) is 0 Å². The molecule has 7 heteroatoms. The molecule has 0 spiro atoms. The maximum atomic E-state index is 13.2. The number of amides is 4. The van der Waals surface area contributed by atoms with Gasteiger partial charge in [0.1, 0.15) is 12.1 Å². The summed E-state index contributed by atoms with van der Waals surface area (Å²) in [6.07, 6.45) is 1.68. The molecule has 0 radical (unpaired) electrons. The van der Waals surface area contributed by atoms with Crippen LogP contribution in [-0.2, 0) is 15.1 Å². The molecule has 1 atom stereocenters. The van der Waals surface area contributed by atoms with Gasteiger partial charge in [-0.2, -0.15) is 0 Å². The molecule has 1 unspecified atom stereocenters. The molecule has 0 saturated carbocycles. The predicted octanol–water partition coefficient (Wildman–Crippen LogP) is 3.79. The number of nitrogens with zero attached hydrogens (tertiary/aromatic N) is 2. The molecule has 3 aromatic carbocycles. The zero-order chi connectivity index (χ0) is 22.3. The van der Waals surface area contributed by atoms with Gasteiger partial charge in [0.15, 0.2) is 0 Å². The van der Waals surface area contributed by atoms with Crippen LogP contribution in [0.25, 0.3) is 21.7 Å². The molecule has 0 bridgehead atoms. The number of nitrogens with one attached hydrogen (secondary N) is 2. The molecule has 1 saturated heterocycles. The SMILES string of the molecule is CC1(c2ccc3ccccc3c2)NC(=O)N(CC(=O)Nc2cccc3ncccc23)C1=O. The Hall–Kier alpha value is -4.26. The van der Waals surface area contributed by atoms with Gasteiger partial charge >= 0.3 is 6.03 Å². The highest BCUT2D eigenvalue weighted by atomic mass is 16.2. The molecule has 4 aromatic rings. The lowest BCUT2D eigenvalue weighted by atomic mass is 9.90. The van der Waals surface area contributed by atoms with E-state index in [0.717, 1.165) is 26.6 Å². The summed E-state index contributed by atoms with van der Waals surface area (Å²) < 4.78 is 0. The molecule has 1 aromatic heterocycles. The van der Waals surface area contributed by atoms with Crippen LogP contribution in [0.2, 0.25) is 0 Å². The lowest BCUT2D eigenvalue weighted by molar-refractivity contribution is -0.133. The summed E-state index contributed by atoms with van der Waals surface area (Å²) in [4.78, 5) is 43.8. The first kappa shape index (κ1) is 19.7. The van der Waals surface area contributed by atoms with Crippen LogP contribution in [0.3, 0.4) is 0 Å². The minimum Gasteiger partial charge on any atom is -0.324 e. The highest BCUT2D eigenvalue weighted by Crippen LogP contribution is 2.31. The third-order valence-corrected chi connectivity index (χ3v) is 5.82. The number of hydrogen-bond acceptors (Lipinski definition) is 4. The molecule has 2 heterocycles.